The molecule has 0 bridgehead atoms. The van der Waals surface area contributed by atoms with Crippen molar-refractivity contribution in [3.63, 3.8) is 0 Å². The predicted molar refractivity (Wildman–Crippen MR) is 65.6 cm³/mol. The lowest BCUT2D eigenvalue weighted by Crippen LogP contribution is -2.32. The van der Waals surface area contributed by atoms with Gasteiger partial charge in [0.05, 0.1) is 0 Å². The molecule has 0 aliphatic rings. The van der Waals surface area contributed by atoms with E-state index in [0.717, 1.165) is 18.6 Å². The van der Waals surface area contributed by atoms with Crippen molar-refractivity contribution in [2.45, 2.75) is 47.1 Å². The second-order valence-corrected chi connectivity index (χ2v) is 5.59. The van der Waals surface area contributed by atoms with E-state index in [0.29, 0.717) is 5.92 Å². The first-order valence-electron chi connectivity index (χ1n) is 5.74. The minimum absolute atomic E-state index is 0.156. The van der Waals surface area contributed by atoms with Crippen LogP contribution in [0.15, 0.2) is 12.2 Å². The Hall–Kier alpha value is -1.32. The number of carbonyl (C=O) groups is 2. The Kier molecular flexibility index (Phi) is 5.93. The number of carboxylic acids is 1. The van der Waals surface area contributed by atoms with Crippen LogP contribution in [0.2, 0.25) is 0 Å². The predicted octanol–water partition coefficient (Wildman–Crippen LogP) is 2.63. The number of aliphatic carboxylic acids is 1. The van der Waals surface area contributed by atoms with E-state index in [2.05, 4.69) is 13.8 Å². The maximum Gasteiger partial charge on any atom is 0.331 e. The molecule has 1 N–H and O–H groups in total. The quantitative estimate of drug-likeness (QED) is 0.594. The summed E-state index contributed by atoms with van der Waals surface area (Å²) in [6.07, 6.45) is 2.28. The van der Waals surface area contributed by atoms with Crippen LogP contribution in [0.3, 0.4) is 0 Å². The molecule has 4 heteroatoms. The van der Waals surface area contributed by atoms with Gasteiger partial charge in [-0.2, -0.15) is 0 Å². The molecule has 0 spiro atoms. The zero-order valence-electron chi connectivity index (χ0n) is 11.2. The van der Waals surface area contributed by atoms with E-state index < -0.39 is 11.9 Å². The van der Waals surface area contributed by atoms with E-state index in [9.17, 15) is 9.59 Å². The van der Waals surface area contributed by atoms with Crippen LogP contribution in [0.4, 0.5) is 0 Å². The molecule has 1 unspecified atom stereocenters. The maximum atomic E-state index is 11.4. The van der Waals surface area contributed by atoms with E-state index in [1.165, 1.54) is 0 Å². The second-order valence-electron chi connectivity index (χ2n) is 5.59. The first-order valence-corrected chi connectivity index (χ1v) is 5.74. The average Bonchev–Trinajstić information content (AvgIpc) is 2.11. The van der Waals surface area contributed by atoms with Crippen molar-refractivity contribution in [3.05, 3.63) is 12.2 Å². The summed E-state index contributed by atoms with van der Waals surface area (Å²) in [7, 11) is 0. The van der Waals surface area contributed by atoms with Crippen LogP contribution in [0, 0.1) is 11.3 Å². The van der Waals surface area contributed by atoms with Gasteiger partial charge in [0.25, 0.3) is 0 Å². The molecule has 0 fully saturated rings. The second kappa shape index (κ2) is 6.42. The molecule has 0 radical (unpaired) electrons. The highest BCUT2D eigenvalue weighted by Crippen LogP contribution is 2.27. The molecule has 0 aromatic carbocycles. The monoisotopic (exact) mass is 242 g/mol. The molecular weight excluding hydrogens is 220 g/mol. The highest BCUT2D eigenvalue weighted by atomic mass is 16.5. The molecule has 0 aliphatic carbocycles. The van der Waals surface area contributed by atoms with Crippen LogP contribution in [0.5, 0.6) is 0 Å². The average molecular weight is 242 g/mol. The summed E-state index contributed by atoms with van der Waals surface area (Å²) >= 11 is 0. The van der Waals surface area contributed by atoms with Crippen LogP contribution in [-0.2, 0) is 14.3 Å². The SMILES string of the molecule is CC(C)CC(OC(=O)C=CC(=O)O)C(C)(C)C. The molecule has 0 saturated heterocycles. The van der Waals surface area contributed by atoms with Gasteiger partial charge in [-0.1, -0.05) is 34.6 Å². The van der Waals surface area contributed by atoms with E-state index in [1.54, 1.807) is 0 Å². The summed E-state index contributed by atoms with van der Waals surface area (Å²) in [5.41, 5.74) is -0.156. The Morgan fingerprint density at radius 2 is 1.76 bits per heavy atom. The van der Waals surface area contributed by atoms with E-state index in [-0.39, 0.29) is 11.5 Å². The van der Waals surface area contributed by atoms with Crippen LogP contribution in [0.1, 0.15) is 41.0 Å². The number of carboxylic acid groups (broad SMARTS) is 1. The fourth-order valence-corrected chi connectivity index (χ4v) is 1.33. The summed E-state index contributed by atoms with van der Waals surface area (Å²) in [6.45, 7) is 10.1. The van der Waals surface area contributed by atoms with Crippen LogP contribution < -0.4 is 0 Å². The Labute approximate surface area is 103 Å². The van der Waals surface area contributed by atoms with Gasteiger partial charge in [0, 0.05) is 12.2 Å². The highest BCUT2D eigenvalue weighted by molar-refractivity contribution is 5.90. The molecule has 17 heavy (non-hydrogen) atoms. The van der Waals surface area contributed by atoms with Gasteiger partial charge in [-0.05, 0) is 17.8 Å². The summed E-state index contributed by atoms with van der Waals surface area (Å²) < 4.78 is 5.29. The molecule has 0 aliphatic heterocycles. The Morgan fingerprint density at radius 3 is 2.12 bits per heavy atom. The molecule has 0 rings (SSSR count). The van der Waals surface area contributed by atoms with Crippen molar-refractivity contribution in [2.75, 3.05) is 0 Å². The van der Waals surface area contributed by atoms with Crippen molar-refractivity contribution < 1.29 is 19.4 Å². The molecule has 0 amide bonds. The van der Waals surface area contributed by atoms with Crippen molar-refractivity contribution in [3.8, 4) is 0 Å². The first kappa shape index (κ1) is 15.7. The van der Waals surface area contributed by atoms with Crippen LogP contribution in [0.25, 0.3) is 0 Å². The molecular formula is C13H22O4. The summed E-state index contributed by atoms with van der Waals surface area (Å²) in [4.78, 5) is 21.7. The van der Waals surface area contributed by atoms with Gasteiger partial charge in [-0.15, -0.1) is 0 Å². The van der Waals surface area contributed by atoms with Gasteiger partial charge in [-0.25, -0.2) is 9.59 Å². The number of ether oxygens (including phenoxy) is 1. The number of hydrogen-bond acceptors (Lipinski definition) is 3. The highest BCUT2D eigenvalue weighted by Gasteiger charge is 2.28. The fraction of sp³-hybridized carbons (Fsp3) is 0.692. The molecule has 1 atom stereocenters. The zero-order chi connectivity index (χ0) is 13.6. The first-order chi connectivity index (χ1) is 7.62. The number of esters is 1. The molecule has 0 heterocycles. The Balaban J connectivity index is 4.54. The third-order valence-electron chi connectivity index (χ3n) is 2.27. The van der Waals surface area contributed by atoms with Gasteiger partial charge in [-0.3, -0.25) is 0 Å². The van der Waals surface area contributed by atoms with Crippen LogP contribution >= 0.6 is 0 Å². The van der Waals surface area contributed by atoms with Crippen molar-refractivity contribution in [1.29, 1.82) is 0 Å². The summed E-state index contributed by atoms with van der Waals surface area (Å²) in [5.74, 6) is -1.35. The van der Waals surface area contributed by atoms with Gasteiger partial charge < -0.3 is 9.84 Å². The van der Waals surface area contributed by atoms with Crippen molar-refractivity contribution in [1.82, 2.24) is 0 Å². The Morgan fingerprint density at radius 1 is 1.24 bits per heavy atom. The van der Waals surface area contributed by atoms with Crippen molar-refractivity contribution in [2.24, 2.45) is 11.3 Å². The van der Waals surface area contributed by atoms with Gasteiger partial charge in [0.15, 0.2) is 0 Å². The van der Waals surface area contributed by atoms with Gasteiger partial charge in [0.2, 0.25) is 0 Å². The topological polar surface area (TPSA) is 63.6 Å². The lowest BCUT2D eigenvalue weighted by Gasteiger charge is -2.31. The normalized spacial score (nSPS) is 14.0. The smallest absolute Gasteiger partial charge is 0.331 e. The zero-order valence-corrected chi connectivity index (χ0v) is 11.2. The third-order valence-corrected chi connectivity index (χ3v) is 2.27. The number of hydrogen-bond donors (Lipinski definition) is 1. The minimum atomic E-state index is -1.15. The van der Waals surface area contributed by atoms with Crippen molar-refractivity contribution >= 4 is 11.9 Å². The lowest BCUT2D eigenvalue weighted by molar-refractivity contribution is -0.150. The van der Waals surface area contributed by atoms with E-state index in [1.807, 2.05) is 20.8 Å². The molecule has 0 saturated carbocycles. The summed E-state index contributed by atoms with van der Waals surface area (Å²) in [5, 5.41) is 8.41. The molecule has 4 nitrogen and oxygen atoms in total. The molecule has 0 aromatic rings. The van der Waals surface area contributed by atoms with E-state index in [4.69, 9.17) is 9.84 Å². The summed E-state index contributed by atoms with van der Waals surface area (Å²) in [6, 6.07) is 0. The Bertz CT molecular complexity index is 297. The lowest BCUT2D eigenvalue weighted by atomic mass is 9.84. The number of rotatable bonds is 5. The van der Waals surface area contributed by atoms with Gasteiger partial charge in [0.1, 0.15) is 6.10 Å². The fourth-order valence-electron chi connectivity index (χ4n) is 1.33. The third kappa shape index (κ3) is 7.55. The maximum absolute atomic E-state index is 11.4. The van der Waals surface area contributed by atoms with E-state index >= 15 is 0 Å². The largest absolute Gasteiger partial charge is 0.478 e. The number of carbonyl (C=O) groups excluding carboxylic acids is 1. The minimum Gasteiger partial charge on any atom is -0.478 e. The standard InChI is InChI=1S/C13H22O4/c1-9(2)8-10(13(3,4)5)17-12(16)7-6-11(14)15/h6-7,9-10H,8H2,1-5H3,(H,14,15). The molecule has 0 aromatic heterocycles. The molecule has 98 valence electrons. The van der Waals surface area contributed by atoms with Crippen LogP contribution in [-0.4, -0.2) is 23.1 Å². The van der Waals surface area contributed by atoms with Gasteiger partial charge >= 0.3 is 11.9 Å².